The fourth-order valence-corrected chi connectivity index (χ4v) is 2.81. The molecule has 0 unspecified atom stereocenters. The number of hydrogen-bond acceptors (Lipinski definition) is 4. The van der Waals surface area contributed by atoms with E-state index >= 15 is 0 Å². The largest absolute Gasteiger partial charge is 0.479 e. The highest BCUT2D eigenvalue weighted by Gasteiger charge is 2.18. The number of anilines is 1. The molecular weight excluding hydrogens is 354 g/mol. The third-order valence-corrected chi connectivity index (χ3v) is 3.97. The molecule has 26 heavy (non-hydrogen) atoms. The Kier molecular flexibility index (Phi) is 6.64. The third kappa shape index (κ3) is 5.49. The molecule has 1 atom stereocenters. The van der Waals surface area contributed by atoms with Crippen LogP contribution in [0.1, 0.15) is 23.6 Å². The molecule has 0 aliphatic carbocycles. The molecule has 1 N–H and O–H groups in total. The summed E-state index contributed by atoms with van der Waals surface area (Å²) in [6.45, 7) is 6.85. The van der Waals surface area contributed by atoms with Gasteiger partial charge in [0.15, 0.2) is 12.7 Å². The summed E-state index contributed by atoms with van der Waals surface area (Å²) >= 11 is 6.15. The third-order valence-electron chi connectivity index (χ3n) is 3.68. The lowest BCUT2D eigenvalue weighted by molar-refractivity contribution is -0.153. The Bertz CT molecular complexity index is 796. The topological polar surface area (TPSA) is 64.6 Å². The average Bonchev–Trinajstić information content (AvgIpc) is 2.55. The summed E-state index contributed by atoms with van der Waals surface area (Å²) in [5.41, 5.74) is 3.38. The van der Waals surface area contributed by atoms with Crippen LogP contribution in [0, 0.1) is 20.8 Å². The number of esters is 1. The number of amides is 1. The quantitative estimate of drug-likeness (QED) is 0.768. The minimum atomic E-state index is -0.825. The van der Waals surface area contributed by atoms with Crippen LogP contribution in [0.25, 0.3) is 0 Å². The highest BCUT2D eigenvalue weighted by Crippen LogP contribution is 2.27. The van der Waals surface area contributed by atoms with Crippen LogP contribution in [-0.2, 0) is 14.3 Å². The van der Waals surface area contributed by atoms with Crippen LogP contribution in [0.3, 0.4) is 0 Å². The highest BCUT2D eigenvalue weighted by molar-refractivity contribution is 6.34. The molecule has 0 aromatic heterocycles. The zero-order valence-electron chi connectivity index (χ0n) is 15.3. The van der Waals surface area contributed by atoms with Gasteiger partial charge in [-0.05, 0) is 62.6 Å². The van der Waals surface area contributed by atoms with Crippen molar-refractivity contribution in [3.05, 3.63) is 58.1 Å². The van der Waals surface area contributed by atoms with Crippen molar-refractivity contribution in [2.75, 3.05) is 11.9 Å². The van der Waals surface area contributed by atoms with E-state index in [-0.39, 0.29) is 0 Å². The first-order chi connectivity index (χ1) is 12.3. The summed E-state index contributed by atoms with van der Waals surface area (Å²) in [6, 6.07) is 11.0. The van der Waals surface area contributed by atoms with Crippen molar-refractivity contribution in [2.45, 2.75) is 33.8 Å². The second-order valence-electron chi connectivity index (χ2n) is 6.17. The van der Waals surface area contributed by atoms with E-state index in [1.165, 1.54) is 0 Å². The molecule has 0 spiro atoms. The molecule has 0 saturated heterocycles. The lowest BCUT2D eigenvalue weighted by Crippen LogP contribution is -2.30. The number of carbonyl (C=O) groups is 2. The standard InChI is InChI=1S/C20H22ClNO4/c1-12-6-5-7-16(9-12)26-15(4)20(24)25-11-18(23)22-19-14(3)8-13(2)10-17(19)21/h5-10,15H,11H2,1-4H3,(H,22,23)/t15-/m1/s1. The van der Waals surface area contributed by atoms with E-state index < -0.39 is 24.6 Å². The summed E-state index contributed by atoms with van der Waals surface area (Å²) in [4.78, 5) is 24.1. The zero-order chi connectivity index (χ0) is 19.3. The minimum Gasteiger partial charge on any atom is -0.479 e. The van der Waals surface area contributed by atoms with Gasteiger partial charge in [-0.1, -0.05) is 29.8 Å². The number of rotatable bonds is 6. The number of hydrogen-bond donors (Lipinski definition) is 1. The van der Waals surface area contributed by atoms with Crippen LogP contribution in [0.4, 0.5) is 5.69 Å². The Morgan fingerprint density at radius 2 is 1.85 bits per heavy atom. The summed E-state index contributed by atoms with van der Waals surface area (Å²) in [7, 11) is 0. The highest BCUT2D eigenvalue weighted by atomic mass is 35.5. The monoisotopic (exact) mass is 375 g/mol. The summed E-state index contributed by atoms with van der Waals surface area (Å²) < 4.78 is 10.6. The van der Waals surface area contributed by atoms with Crippen LogP contribution >= 0.6 is 11.6 Å². The smallest absolute Gasteiger partial charge is 0.347 e. The van der Waals surface area contributed by atoms with E-state index in [0.717, 1.165) is 16.7 Å². The number of benzene rings is 2. The van der Waals surface area contributed by atoms with Gasteiger partial charge in [0.25, 0.3) is 5.91 Å². The van der Waals surface area contributed by atoms with Gasteiger partial charge in [0, 0.05) is 0 Å². The van der Waals surface area contributed by atoms with Crippen LogP contribution in [-0.4, -0.2) is 24.6 Å². The van der Waals surface area contributed by atoms with E-state index in [9.17, 15) is 9.59 Å². The van der Waals surface area contributed by atoms with E-state index in [4.69, 9.17) is 21.1 Å². The Labute approximate surface area is 158 Å². The fourth-order valence-electron chi connectivity index (χ4n) is 2.44. The van der Waals surface area contributed by atoms with Crippen molar-refractivity contribution in [3.63, 3.8) is 0 Å². The van der Waals surface area contributed by atoms with Crippen molar-refractivity contribution in [1.82, 2.24) is 0 Å². The maximum atomic E-state index is 12.0. The summed E-state index contributed by atoms with van der Waals surface area (Å²) in [5, 5.41) is 3.11. The van der Waals surface area contributed by atoms with Gasteiger partial charge in [-0.15, -0.1) is 0 Å². The first-order valence-electron chi connectivity index (χ1n) is 8.23. The number of nitrogens with one attached hydrogen (secondary N) is 1. The van der Waals surface area contributed by atoms with Crippen molar-refractivity contribution < 1.29 is 19.1 Å². The molecule has 0 heterocycles. The second-order valence-corrected chi connectivity index (χ2v) is 6.58. The predicted molar refractivity (Wildman–Crippen MR) is 102 cm³/mol. The first-order valence-corrected chi connectivity index (χ1v) is 8.60. The van der Waals surface area contributed by atoms with E-state index in [1.54, 1.807) is 19.1 Å². The number of halogens is 1. The van der Waals surface area contributed by atoms with E-state index in [1.807, 2.05) is 45.0 Å². The van der Waals surface area contributed by atoms with Crippen LogP contribution in [0.5, 0.6) is 5.75 Å². The number of ether oxygens (including phenoxy) is 2. The lowest BCUT2D eigenvalue weighted by atomic mass is 10.1. The molecule has 0 aliphatic rings. The Morgan fingerprint density at radius 1 is 1.12 bits per heavy atom. The molecule has 0 bridgehead atoms. The molecule has 138 valence electrons. The molecule has 2 rings (SSSR count). The van der Waals surface area contributed by atoms with Gasteiger partial charge < -0.3 is 14.8 Å². The van der Waals surface area contributed by atoms with Gasteiger partial charge in [-0.25, -0.2) is 4.79 Å². The second kappa shape index (κ2) is 8.72. The molecule has 2 aromatic rings. The Hall–Kier alpha value is -2.53. The van der Waals surface area contributed by atoms with E-state index in [2.05, 4.69) is 5.32 Å². The van der Waals surface area contributed by atoms with E-state index in [0.29, 0.717) is 16.5 Å². The predicted octanol–water partition coefficient (Wildman–Crippen LogP) is 4.21. The maximum absolute atomic E-state index is 12.0. The van der Waals surface area contributed by atoms with Gasteiger partial charge in [0.1, 0.15) is 5.75 Å². The summed E-state index contributed by atoms with van der Waals surface area (Å²) in [6.07, 6.45) is -0.825. The van der Waals surface area contributed by atoms with Gasteiger partial charge in [-0.2, -0.15) is 0 Å². The van der Waals surface area contributed by atoms with Gasteiger partial charge in [-0.3, -0.25) is 4.79 Å². The molecule has 0 saturated carbocycles. The SMILES string of the molecule is Cc1cccc(O[C@H](C)C(=O)OCC(=O)Nc2c(C)cc(C)cc2Cl)c1. The van der Waals surface area contributed by atoms with Gasteiger partial charge in [0.2, 0.25) is 0 Å². The lowest BCUT2D eigenvalue weighted by Gasteiger charge is -2.15. The molecule has 6 heteroatoms. The van der Waals surface area contributed by atoms with Crippen molar-refractivity contribution >= 4 is 29.2 Å². The Balaban J connectivity index is 1.87. The molecule has 0 radical (unpaired) electrons. The molecule has 0 fully saturated rings. The Morgan fingerprint density at radius 3 is 2.50 bits per heavy atom. The normalized spacial score (nSPS) is 11.6. The van der Waals surface area contributed by atoms with Crippen molar-refractivity contribution in [2.24, 2.45) is 0 Å². The van der Waals surface area contributed by atoms with Gasteiger partial charge in [0.05, 0.1) is 10.7 Å². The summed E-state index contributed by atoms with van der Waals surface area (Å²) in [5.74, 6) is -0.510. The van der Waals surface area contributed by atoms with Crippen molar-refractivity contribution in [1.29, 1.82) is 0 Å². The average molecular weight is 376 g/mol. The minimum absolute atomic E-state index is 0.413. The molecule has 5 nitrogen and oxygen atoms in total. The van der Waals surface area contributed by atoms with Crippen LogP contribution in [0.2, 0.25) is 5.02 Å². The first kappa shape index (κ1) is 19.8. The van der Waals surface area contributed by atoms with Crippen molar-refractivity contribution in [3.8, 4) is 5.75 Å². The number of aryl methyl sites for hydroxylation is 3. The molecule has 2 aromatic carbocycles. The molecular formula is C20H22ClNO4. The zero-order valence-corrected chi connectivity index (χ0v) is 16.0. The molecule has 0 aliphatic heterocycles. The number of carbonyl (C=O) groups excluding carboxylic acids is 2. The fraction of sp³-hybridized carbons (Fsp3) is 0.300. The van der Waals surface area contributed by atoms with Crippen LogP contribution in [0.15, 0.2) is 36.4 Å². The maximum Gasteiger partial charge on any atom is 0.347 e. The van der Waals surface area contributed by atoms with Gasteiger partial charge >= 0.3 is 5.97 Å². The molecule has 1 amide bonds. The van der Waals surface area contributed by atoms with Crippen LogP contribution < -0.4 is 10.1 Å².